The van der Waals surface area contributed by atoms with Crippen molar-refractivity contribution in [2.24, 2.45) is 5.73 Å². The molecule has 0 aliphatic rings. The van der Waals surface area contributed by atoms with E-state index in [0.717, 1.165) is 5.69 Å². The number of thiol groups is 1. The number of nitrogens with two attached hydrogens (primary N) is 2. The number of aromatic amines is 1. The summed E-state index contributed by atoms with van der Waals surface area (Å²) in [4.78, 5) is 18.9. The number of anilines is 3. The Morgan fingerprint density at radius 2 is 2.22 bits per heavy atom. The van der Waals surface area contributed by atoms with Crippen molar-refractivity contribution < 1.29 is 4.79 Å². The summed E-state index contributed by atoms with van der Waals surface area (Å²) in [6, 6.07) is 1.75. The summed E-state index contributed by atoms with van der Waals surface area (Å²) in [6.07, 6.45) is 0. The smallest absolute Gasteiger partial charge is 0.269 e. The number of aromatic nitrogens is 4. The molecule has 0 radical (unpaired) electrons. The summed E-state index contributed by atoms with van der Waals surface area (Å²) in [7, 11) is 0. The predicted molar refractivity (Wildman–Crippen MR) is 68.8 cm³/mol. The van der Waals surface area contributed by atoms with Crippen molar-refractivity contribution in [3.05, 3.63) is 17.5 Å². The molecule has 0 bridgehead atoms. The molecule has 0 fully saturated rings. The Morgan fingerprint density at radius 3 is 2.78 bits per heavy atom. The monoisotopic (exact) mass is 265 g/mol. The lowest BCUT2D eigenvalue weighted by atomic mass is 10.3. The maximum absolute atomic E-state index is 11.2. The lowest BCUT2D eigenvalue weighted by Crippen LogP contribution is -2.18. The number of nitrogens with one attached hydrogen (secondary N) is 2. The number of hydrogen-bond acceptors (Lipinski definition) is 7. The van der Waals surface area contributed by atoms with Crippen LogP contribution < -0.4 is 16.8 Å². The molecule has 94 valence electrons. The number of carbonyl (C=O) groups excluding carboxylic acids is 1. The van der Waals surface area contributed by atoms with E-state index in [2.05, 4.69) is 38.1 Å². The number of H-pyrrole nitrogens is 1. The number of aryl methyl sites for hydroxylation is 1. The average Bonchev–Trinajstić information content (AvgIpc) is 2.68. The summed E-state index contributed by atoms with van der Waals surface area (Å²) in [5, 5.41) is 9.66. The molecular weight excluding hydrogens is 254 g/mol. The van der Waals surface area contributed by atoms with E-state index in [9.17, 15) is 4.79 Å². The van der Waals surface area contributed by atoms with Crippen molar-refractivity contribution in [2.75, 3.05) is 11.1 Å². The lowest BCUT2D eigenvalue weighted by molar-refractivity contribution is 0.0995. The first-order chi connectivity index (χ1) is 8.47. The highest BCUT2D eigenvalue weighted by molar-refractivity contribution is 7.80. The van der Waals surface area contributed by atoms with E-state index in [1.165, 1.54) is 0 Å². The lowest BCUT2D eigenvalue weighted by Gasteiger charge is -2.08. The average molecular weight is 265 g/mol. The van der Waals surface area contributed by atoms with Crippen LogP contribution in [0.5, 0.6) is 0 Å². The molecule has 2 aromatic rings. The molecule has 2 rings (SSSR count). The van der Waals surface area contributed by atoms with E-state index < -0.39 is 5.91 Å². The molecule has 1 amide bonds. The van der Waals surface area contributed by atoms with Gasteiger partial charge in [-0.05, 0) is 6.92 Å². The number of nitrogens with zero attached hydrogens (tertiary/aromatic N) is 3. The molecular formula is C9H11N7OS. The van der Waals surface area contributed by atoms with Gasteiger partial charge in [-0.3, -0.25) is 9.89 Å². The van der Waals surface area contributed by atoms with Gasteiger partial charge in [0.05, 0.1) is 0 Å². The minimum Gasteiger partial charge on any atom is -0.394 e. The van der Waals surface area contributed by atoms with Crippen molar-refractivity contribution >= 4 is 35.9 Å². The molecule has 9 heteroatoms. The third-order valence-electron chi connectivity index (χ3n) is 2.12. The van der Waals surface area contributed by atoms with Crippen LogP contribution in [0.1, 0.15) is 16.2 Å². The first kappa shape index (κ1) is 12.2. The van der Waals surface area contributed by atoms with Crippen LogP contribution in [-0.4, -0.2) is 26.1 Å². The summed E-state index contributed by atoms with van der Waals surface area (Å²) in [5.41, 5.74) is 11.7. The summed E-state index contributed by atoms with van der Waals surface area (Å²) >= 11 is 3.98. The molecule has 6 N–H and O–H groups in total. The Bertz CT molecular complexity index is 609. The van der Waals surface area contributed by atoms with Gasteiger partial charge in [0.15, 0.2) is 22.5 Å². The topological polar surface area (TPSA) is 136 Å². The van der Waals surface area contributed by atoms with Gasteiger partial charge in [0.2, 0.25) is 0 Å². The fourth-order valence-electron chi connectivity index (χ4n) is 1.34. The Balaban J connectivity index is 2.41. The van der Waals surface area contributed by atoms with Gasteiger partial charge in [0.1, 0.15) is 5.69 Å². The van der Waals surface area contributed by atoms with Crippen molar-refractivity contribution in [1.82, 2.24) is 20.2 Å². The summed E-state index contributed by atoms with van der Waals surface area (Å²) in [5.74, 6) is 0.00260. The first-order valence-electron chi connectivity index (χ1n) is 4.92. The van der Waals surface area contributed by atoms with Crippen LogP contribution in [0.25, 0.3) is 0 Å². The first-order valence-corrected chi connectivity index (χ1v) is 5.37. The zero-order valence-electron chi connectivity index (χ0n) is 9.43. The fourth-order valence-corrected chi connectivity index (χ4v) is 1.54. The van der Waals surface area contributed by atoms with E-state index >= 15 is 0 Å². The summed E-state index contributed by atoms with van der Waals surface area (Å²) < 4.78 is 0. The van der Waals surface area contributed by atoms with Gasteiger partial charge in [-0.15, -0.1) is 12.6 Å². The van der Waals surface area contributed by atoms with Crippen LogP contribution in [0.15, 0.2) is 11.2 Å². The molecule has 0 aromatic carbocycles. The van der Waals surface area contributed by atoms with E-state index in [4.69, 9.17) is 11.5 Å². The minimum atomic E-state index is -0.744. The number of amides is 1. The highest BCUT2D eigenvalue weighted by atomic mass is 32.1. The van der Waals surface area contributed by atoms with Crippen molar-refractivity contribution in [2.45, 2.75) is 12.1 Å². The molecule has 0 unspecified atom stereocenters. The van der Waals surface area contributed by atoms with Gasteiger partial charge < -0.3 is 16.8 Å². The Kier molecular flexibility index (Phi) is 3.06. The third-order valence-corrected chi connectivity index (χ3v) is 2.32. The minimum absolute atomic E-state index is 0.0564. The van der Waals surface area contributed by atoms with Gasteiger partial charge in [0, 0.05) is 11.8 Å². The van der Waals surface area contributed by atoms with Crippen molar-refractivity contribution in [3.8, 4) is 0 Å². The second-order valence-corrected chi connectivity index (χ2v) is 3.96. The van der Waals surface area contributed by atoms with Crippen LogP contribution in [-0.2, 0) is 0 Å². The fraction of sp³-hybridized carbons (Fsp3) is 0.111. The molecule has 0 aliphatic carbocycles. The van der Waals surface area contributed by atoms with Gasteiger partial charge in [-0.1, -0.05) is 0 Å². The van der Waals surface area contributed by atoms with Crippen LogP contribution in [0.2, 0.25) is 0 Å². The Morgan fingerprint density at radius 1 is 1.50 bits per heavy atom. The van der Waals surface area contributed by atoms with Gasteiger partial charge >= 0.3 is 0 Å². The second kappa shape index (κ2) is 4.53. The normalized spacial score (nSPS) is 10.3. The molecule has 2 aromatic heterocycles. The molecule has 0 spiro atoms. The molecule has 0 atom stereocenters. The zero-order chi connectivity index (χ0) is 13.3. The zero-order valence-corrected chi connectivity index (χ0v) is 10.3. The second-order valence-electron chi connectivity index (χ2n) is 3.56. The standard InChI is InChI=1S/C9H11N7OS/c1-3-2-4(16-15-3)12-8-5(10)6(7(11)17)13-9(18)14-8/h2H,10H2,1H3,(H2,11,17)(H3,12,13,14,15,16,18). The van der Waals surface area contributed by atoms with Gasteiger partial charge in [0.25, 0.3) is 5.91 Å². The molecule has 2 heterocycles. The summed E-state index contributed by atoms with van der Waals surface area (Å²) in [6.45, 7) is 1.85. The SMILES string of the molecule is Cc1cc(Nc2nc(S)nc(C(N)=O)c2N)n[nH]1. The number of hydrogen-bond donors (Lipinski definition) is 5. The van der Waals surface area contributed by atoms with Crippen molar-refractivity contribution in [1.29, 1.82) is 0 Å². The van der Waals surface area contributed by atoms with Crippen LogP contribution in [0.4, 0.5) is 17.3 Å². The number of carbonyl (C=O) groups is 1. The van der Waals surface area contributed by atoms with E-state index in [0.29, 0.717) is 5.82 Å². The maximum Gasteiger partial charge on any atom is 0.269 e. The Labute approximate surface area is 108 Å². The van der Waals surface area contributed by atoms with E-state index in [1.54, 1.807) is 6.07 Å². The number of primary amides is 1. The van der Waals surface area contributed by atoms with Gasteiger partial charge in [-0.25, -0.2) is 9.97 Å². The van der Waals surface area contributed by atoms with E-state index in [1.807, 2.05) is 6.92 Å². The van der Waals surface area contributed by atoms with Crippen LogP contribution in [0, 0.1) is 6.92 Å². The highest BCUT2D eigenvalue weighted by Crippen LogP contribution is 2.23. The number of nitrogen functional groups attached to an aromatic ring is 1. The molecule has 0 aliphatic heterocycles. The Hall–Kier alpha value is -2.29. The molecule has 0 saturated carbocycles. The molecule has 0 saturated heterocycles. The van der Waals surface area contributed by atoms with Gasteiger partial charge in [-0.2, -0.15) is 5.10 Å². The predicted octanol–water partition coefficient (Wildman–Crippen LogP) is 0.222. The van der Waals surface area contributed by atoms with E-state index in [-0.39, 0.29) is 22.4 Å². The highest BCUT2D eigenvalue weighted by Gasteiger charge is 2.15. The number of rotatable bonds is 3. The third kappa shape index (κ3) is 2.35. The maximum atomic E-state index is 11.2. The van der Waals surface area contributed by atoms with Crippen molar-refractivity contribution in [3.63, 3.8) is 0 Å². The van der Waals surface area contributed by atoms with Crippen LogP contribution in [0.3, 0.4) is 0 Å². The largest absolute Gasteiger partial charge is 0.394 e. The van der Waals surface area contributed by atoms with Crippen LogP contribution >= 0.6 is 12.6 Å². The molecule has 18 heavy (non-hydrogen) atoms. The quantitative estimate of drug-likeness (QED) is 0.398. The molecule has 8 nitrogen and oxygen atoms in total.